The van der Waals surface area contributed by atoms with Crippen molar-refractivity contribution in [1.29, 1.82) is 5.26 Å². The van der Waals surface area contributed by atoms with Crippen molar-refractivity contribution in [2.45, 2.75) is 58.7 Å². The molecule has 1 aromatic rings. The van der Waals surface area contributed by atoms with E-state index in [2.05, 4.69) is 0 Å². The minimum atomic E-state index is -1.36. The molecule has 1 aliphatic rings. The molecule has 0 saturated carbocycles. The zero-order chi connectivity index (χ0) is 22.1. The van der Waals surface area contributed by atoms with Gasteiger partial charge >= 0.3 is 11.9 Å². The predicted octanol–water partition coefficient (Wildman–Crippen LogP) is 3.81. The average molecular weight is 421 g/mol. The number of halogens is 1. The minimum absolute atomic E-state index is 0.118. The van der Waals surface area contributed by atoms with E-state index < -0.39 is 35.0 Å². The minimum Gasteiger partial charge on any atom is -0.459 e. The molecule has 7 nitrogen and oxygen atoms in total. The van der Waals surface area contributed by atoms with E-state index >= 15 is 0 Å². The lowest BCUT2D eigenvalue weighted by atomic mass is 9.79. The van der Waals surface area contributed by atoms with Crippen molar-refractivity contribution >= 4 is 23.5 Å². The molecule has 2 unspecified atom stereocenters. The van der Waals surface area contributed by atoms with Gasteiger partial charge in [-0.3, -0.25) is 4.79 Å². The number of benzene rings is 1. The highest BCUT2D eigenvalue weighted by Gasteiger charge is 2.44. The summed E-state index contributed by atoms with van der Waals surface area (Å²) in [5.41, 5.74) is 4.64. The summed E-state index contributed by atoms with van der Waals surface area (Å²) in [6, 6.07) is 6.63. The highest BCUT2D eigenvalue weighted by molar-refractivity contribution is 6.30. The van der Waals surface area contributed by atoms with E-state index in [1.165, 1.54) is 6.07 Å². The van der Waals surface area contributed by atoms with Gasteiger partial charge in [-0.2, -0.15) is 5.26 Å². The number of esters is 2. The van der Waals surface area contributed by atoms with Gasteiger partial charge in [-0.25, -0.2) is 4.79 Å². The van der Waals surface area contributed by atoms with Crippen LogP contribution in [0.25, 0.3) is 0 Å². The second-order valence-electron chi connectivity index (χ2n) is 8.68. The van der Waals surface area contributed by atoms with E-state index in [-0.39, 0.29) is 11.5 Å². The molecular formula is C21H25ClN2O5. The van der Waals surface area contributed by atoms with Crippen LogP contribution in [-0.4, -0.2) is 23.1 Å². The molecule has 0 saturated heterocycles. The molecule has 2 atom stereocenters. The standard InChI is InChI=1S/C21H25ClN2O5/c1-20(2,3)28-18(25)13(10-23)15-12-9-11(22)7-8-14(12)27-17(24)16(15)19(26)29-21(4,5)6/h7-9,13,15H,24H2,1-6H3. The fraction of sp³-hybridized carbons (Fsp3) is 0.476. The molecule has 0 bridgehead atoms. The average Bonchev–Trinajstić information content (AvgIpc) is 2.52. The van der Waals surface area contributed by atoms with E-state index in [1.54, 1.807) is 53.7 Å². The summed E-state index contributed by atoms with van der Waals surface area (Å²) in [6.07, 6.45) is 0. The molecule has 0 aromatic heterocycles. The maximum Gasteiger partial charge on any atom is 0.340 e. The van der Waals surface area contributed by atoms with Gasteiger partial charge in [-0.05, 0) is 59.7 Å². The fourth-order valence-electron chi connectivity index (χ4n) is 2.87. The van der Waals surface area contributed by atoms with Gasteiger partial charge in [-0.1, -0.05) is 11.6 Å². The van der Waals surface area contributed by atoms with Crippen molar-refractivity contribution < 1.29 is 23.8 Å². The fourth-order valence-corrected chi connectivity index (χ4v) is 3.05. The van der Waals surface area contributed by atoms with Crippen molar-refractivity contribution in [3.05, 3.63) is 40.2 Å². The number of hydrogen-bond acceptors (Lipinski definition) is 7. The lowest BCUT2D eigenvalue weighted by Crippen LogP contribution is -2.37. The van der Waals surface area contributed by atoms with Crippen molar-refractivity contribution in [2.75, 3.05) is 0 Å². The predicted molar refractivity (Wildman–Crippen MR) is 107 cm³/mol. The van der Waals surface area contributed by atoms with Gasteiger partial charge in [0.2, 0.25) is 5.88 Å². The summed E-state index contributed by atoms with van der Waals surface area (Å²) in [7, 11) is 0. The normalized spacial score (nSPS) is 17.5. The lowest BCUT2D eigenvalue weighted by Gasteiger charge is -2.32. The van der Waals surface area contributed by atoms with Gasteiger partial charge in [0.05, 0.1) is 12.0 Å². The highest BCUT2D eigenvalue weighted by atomic mass is 35.5. The number of rotatable bonds is 3. The van der Waals surface area contributed by atoms with Crippen molar-refractivity contribution in [1.82, 2.24) is 0 Å². The van der Waals surface area contributed by atoms with Crippen LogP contribution in [0.2, 0.25) is 5.02 Å². The van der Waals surface area contributed by atoms with E-state index in [9.17, 15) is 14.9 Å². The zero-order valence-electron chi connectivity index (χ0n) is 17.3. The second-order valence-corrected chi connectivity index (χ2v) is 9.12. The van der Waals surface area contributed by atoms with Crippen LogP contribution in [0, 0.1) is 17.2 Å². The van der Waals surface area contributed by atoms with Crippen molar-refractivity contribution in [3.63, 3.8) is 0 Å². The molecule has 1 aromatic carbocycles. The molecule has 29 heavy (non-hydrogen) atoms. The van der Waals surface area contributed by atoms with Gasteiger partial charge in [0.25, 0.3) is 0 Å². The van der Waals surface area contributed by atoms with Crippen LogP contribution in [0.3, 0.4) is 0 Å². The largest absolute Gasteiger partial charge is 0.459 e. The summed E-state index contributed by atoms with van der Waals surface area (Å²) in [4.78, 5) is 25.7. The SMILES string of the molecule is CC(C)(C)OC(=O)C1=C(N)Oc2ccc(Cl)cc2C1C(C#N)C(=O)OC(C)(C)C. The molecule has 0 fully saturated rings. The third-order valence-electron chi connectivity index (χ3n) is 3.86. The topological polar surface area (TPSA) is 112 Å². The van der Waals surface area contributed by atoms with E-state index in [0.29, 0.717) is 16.3 Å². The Morgan fingerprint density at radius 2 is 1.76 bits per heavy atom. The van der Waals surface area contributed by atoms with Crippen LogP contribution >= 0.6 is 11.6 Å². The molecule has 8 heteroatoms. The molecule has 0 amide bonds. The maximum absolute atomic E-state index is 12.9. The van der Waals surface area contributed by atoms with Crippen molar-refractivity contribution in [3.8, 4) is 11.8 Å². The Balaban J connectivity index is 2.63. The summed E-state index contributed by atoms with van der Waals surface area (Å²) < 4.78 is 16.4. The molecule has 156 valence electrons. The Labute approximate surface area is 175 Å². The quantitative estimate of drug-likeness (QED) is 0.740. The zero-order valence-corrected chi connectivity index (χ0v) is 18.1. The van der Waals surface area contributed by atoms with Gasteiger partial charge in [0.1, 0.15) is 22.5 Å². The third-order valence-corrected chi connectivity index (χ3v) is 4.09. The summed E-state index contributed by atoms with van der Waals surface area (Å²) in [5, 5.41) is 10.2. The Bertz CT molecular complexity index is 903. The summed E-state index contributed by atoms with van der Waals surface area (Å²) in [5.74, 6) is -3.93. The lowest BCUT2D eigenvalue weighted by molar-refractivity contribution is -0.158. The molecule has 2 N–H and O–H groups in total. The monoisotopic (exact) mass is 420 g/mol. The van der Waals surface area contributed by atoms with Crippen molar-refractivity contribution in [2.24, 2.45) is 11.7 Å². The first-order chi connectivity index (χ1) is 13.2. The number of hydrogen-bond donors (Lipinski definition) is 1. The van der Waals surface area contributed by atoms with Gasteiger partial charge < -0.3 is 19.9 Å². The first kappa shape index (κ1) is 22.6. The number of carbonyl (C=O) groups is 2. The Morgan fingerprint density at radius 3 is 2.28 bits per heavy atom. The Hall–Kier alpha value is -2.72. The number of ether oxygens (including phenoxy) is 3. The van der Waals surface area contributed by atoms with E-state index in [4.69, 9.17) is 31.5 Å². The molecular weight excluding hydrogens is 396 g/mol. The van der Waals surface area contributed by atoms with Gasteiger partial charge in [-0.15, -0.1) is 0 Å². The number of nitrogens with zero attached hydrogens (tertiary/aromatic N) is 1. The summed E-state index contributed by atoms with van der Waals surface area (Å²) >= 11 is 6.13. The third kappa shape index (κ3) is 5.42. The van der Waals surface area contributed by atoms with E-state index in [0.717, 1.165) is 0 Å². The number of nitriles is 1. The van der Waals surface area contributed by atoms with Crippen LogP contribution < -0.4 is 10.5 Å². The second kappa shape index (κ2) is 7.96. The molecule has 2 rings (SSSR count). The van der Waals surface area contributed by atoms with Gasteiger partial charge in [0.15, 0.2) is 5.92 Å². The molecule has 0 aliphatic carbocycles. The summed E-state index contributed by atoms with van der Waals surface area (Å²) in [6.45, 7) is 10.1. The van der Waals surface area contributed by atoms with Gasteiger partial charge in [0, 0.05) is 10.6 Å². The van der Waals surface area contributed by atoms with Crippen LogP contribution in [0.15, 0.2) is 29.7 Å². The molecule has 0 spiro atoms. The van der Waals surface area contributed by atoms with E-state index in [1.807, 2.05) is 6.07 Å². The smallest absolute Gasteiger partial charge is 0.340 e. The Morgan fingerprint density at radius 1 is 1.17 bits per heavy atom. The first-order valence-corrected chi connectivity index (χ1v) is 9.44. The molecule has 0 radical (unpaired) electrons. The number of nitrogens with two attached hydrogens (primary N) is 1. The highest BCUT2D eigenvalue weighted by Crippen LogP contribution is 2.44. The van der Waals surface area contributed by atoms with Crippen LogP contribution in [0.4, 0.5) is 0 Å². The Kier molecular flexibility index (Phi) is 6.19. The number of carbonyl (C=O) groups excluding carboxylic acids is 2. The number of fused-ring (bicyclic) bond motifs is 1. The molecule has 1 aliphatic heterocycles. The van der Waals surface area contributed by atoms with Crippen LogP contribution in [0.5, 0.6) is 5.75 Å². The van der Waals surface area contributed by atoms with Crippen LogP contribution in [-0.2, 0) is 19.1 Å². The first-order valence-electron chi connectivity index (χ1n) is 9.06. The maximum atomic E-state index is 12.9. The van der Waals surface area contributed by atoms with Crippen LogP contribution in [0.1, 0.15) is 53.0 Å². The molecule has 1 heterocycles.